The number of imidazole rings is 1. The molecule has 0 spiro atoms. The maximum absolute atomic E-state index is 13.1. The van der Waals surface area contributed by atoms with Gasteiger partial charge in [-0.2, -0.15) is 5.26 Å². The number of hydrogen-bond donors (Lipinski definition) is 4. The maximum atomic E-state index is 13.1. The van der Waals surface area contributed by atoms with Crippen molar-refractivity contribution in [1.82, 2.24) is 25.7 Å². The Labute approximate surface area is 229 Å². The second kappa shape index (κ2) is 12.5. The van der Waals surface area contributed by atoms with E-state index in [1.165, 1.54) is 11.5 Å². The molecular weight excluding hydrogens is 496 g/mol. The van der Waals surface area contributed by atoms with Crippen LogP contribution in [0.4, 0.5) is 4.79 Å². The van der Waals surface area contributed by atoms with Crippen LogP contribution in [0, 0.1) is 11.3 Å². The lowest BCUT2D eigenvalue weighted by Gasteiger charge is -2.20. The first-order valence-corrected chi connectivity index (χ1v) is 12.7. The normalized spacial score (nSPS) is 12.0. The van der Waals surface area contributed by atoms with Crippen molar-refractivity contribution in [2.75, 3.05) is 6.54 Å². The number of ether oxygens (including phenoxy) is 1. The molecule has 1 heterocycles. The Balaban J connectivity index is 1.77. The number of aromatic nitrogens is 2. The fourth-order valence-corrected chi connectivity index (χ4v) is 4.21. The molecule has 0 fully saturated rings. The quantitative estimate of drug-likeness (QED) is 0.242. The molecule has 10 heteroatoms. The highest BCUT2D eigenvalue weighted by atomic mass is 16.5. The number of carbonyl (C=O) groups excluding carboxylic acids is 2. The van der Waals surface area contributed by atoms with Crippen LogP contribution in [0.3, 0.4) is 0 Å². The van der Waals surface area contributed by atoms with Crippen LogP contribution in [-0.2, 0) is 18.9 Å². The number of benzene rings is 2. The molecule has 0 saturated heterocycles. The standard InChI is InChI=1S/C29H36N6O4/c1-18(2)39-25-12-11-21(14-22(25)15-30)26(36)32-23(16-31-28(37)34-38)13-19-7-9-20(10-8-19)24-17-35(6)27(33-24)29(3,4)5/h7-12,14,17-18,23,38H,13,16H2,1-6H3,(H,32,36)(H2,31,34,37). The third-order valence-corrected chi connectivity index (χ3v) is 5.95. The zero-order valence-corrected chi connectivity index (χ0v) is 23.2. The third kappa shape index (κ3) is 7.82. The Morgan fingerprint density at radius 2 is 1.85 bits per heavy atom. The van der Waals surface area contributed by atoms with Gasteiger partial charge in [0.1, 0.15) is 17.6 Å². The SMILES string of the molecule is CC(C)Oc1ccc(C(=O)NC(CNC(=O)NO)Cc2ccc(-c3cn(C)c(C(C)(C)C)n3)cc2)cc1C#N. The van der Waals surface area contributed by atoms with Gasteiger partial charge in [0.05, 0.1) is 23.4 Å². The van der Waals surface area contributed by atoms with Gasteiger partial charge in [0.2, 0.25) is 0 Å². The van der Waals surface area contributed by atoms with Gasteiger partial charge in [-0.25, -0.2) is 15.3 Å². The van der Waals surface area contributed by atoms with E-state index in [1.54, 1.807) is 12.1 Å². The maximum Gasteiger partial charge on any atom is 0.338 e. The number of hydrogen-bond acceptors (Lipinski definition) is 6. The zero-order chi connectivity index (χ0) is 28.7. The van der Waals surface area contributed by atoms with Gasteiger partial charge < -0.3 is 19.9 Å². The lowest BCUT2D eigenvalue weighted by molar-refractivity contribution is 0.0935. The molecule has 0 aliphatic heterocycles. The molecule has 10 nitrogen and oxygen atoms in total. The number of urea groups is 1. The van der Waals surface area contributed by atoms with Gasteiger partial charge in [0, 0.05) is 36.3 Å². The van der Waals surface area contributed by atoms with E-state index in [9.17, 15) is 14.9 Å². The summed E-state index contributed by atoms with van der Waals surface area (Å²) in [6.07, 6.45) is 2.30. The summed E-state index contributed by atoms with van der Waals surface area (Å²) in [7, 11) is 1.98. The van der Waals surface area contributed by atoms with E-state index in [-0.39, 0.29) is 23.6 Å². The third-order valence-electron chi connectivity index (χ3n) is 5.95. The Morgan fingerprint density at radius 3 is 2.41 bits per heavy atom. The van der Waals surface area contributed by atoms with Gasteiger partial charge in [-0.05, 0) is 44.0 Å². The van der Waals surface area contributed by atoms with Crippen LogP contribution in [-0.4, -0.2) is 45.4 Å². The summed E-state index contributed by atoms with van der Waals surface area (Å²) < 4.78 is 7.67. The minimum Gasteiger partial charge on any atom is -0.490 e. The number of rotatable bonds is 9. The molecular formula is C29H36N6O4. The predicted molar refractivity (Wildman–Crippen MR) is 148 cm³/mol. The molecule has 0 saturated carbocycles. The Kier molecular flexibility index (Phi) is 9.33. The lowest BCUT2D eigenvalue weighted by atomic mass is 9.96. The zero-order valence-electron chi connectivity index (χ0n) is 23.2. The summed E-state index contributed by atoms with van der Waals surface area (Å²) in [4.78, 5) is 29.5. The number of amides is 3. The van der Waals surface area contributed by atoms with Crippen LogP contribution in [0.1, 0.15) is 61.9 Å². The summed E-state index contributed by atoms with van der Waals surface area (Å²) >= 11 is 0. The minimum absolute atomic E-state index is 0.0642. The van der Waals surface area contributed by atoms with Gasteiger partial charge in [-0.15, -0.1) is 0 Å². The fourth-order valence-electron chi connectivity index (χ4n) is 4.21. The van der Waals surface area contributed by atoms with Crippen LogP contribution >= 0.6 is 0 Å². The van der Waals surface area contributed by atoms with Crippen molar-refractivity contribution >= 4 is 11.9 Å². The summed E-state index contributed by atoms with van der Waals surface area (Å²) in [6, 6.07) is 13.3. The second-order valence-corrected chi connectivity index (χ2v) is 10.7. The first kappa shape index (κ1) is 29.2. The average Bonchev–Trinajstić information content (AvgIpc) is 3.29. The van der Waals surface area contributed by atoms with Crippen LogP contribution < -0.4 is 20.9 Å². The summed E-state index contributed by atoms with van der Waals surface area (Å²) in [6.45, 7) is 10.1. The molecule has 1 aromatic heterocycles. The average molecular weight is 533 g/mol. The van der Waals surface area contributed by atoms with Crippen molar-refractivity contribution in [3.63, 3.8) is 0 Å². The van der Waals surface area contributed by atoms with Crippen molar-refractivity contribution in [2.24, 2.45) is 7.05 Å². The molecule has 1 atom stereocenters. The first-order valence-electron chi connectivity index (χ1n) is 12.7. The minimum atomic E-state index is -0.781. The Bertz CT molecular complexity index is 1350. The molecule has 206 valence electrons. The number of carbonyl (C=O) groups is 2. The Hall–Kier alpha value is -4.36. The smallest absolute Gasteiger partial charge is 0.338 e. The van der Waals surface area contributed by atoms with E-state index in [2.05, 4.69) is 37.5 Å². The van der Waals surface area contributed by atoms with E-state index < -0.39 is 18.0 Å². The van der Waals surface area contributed by atoms with Crippen LogP contribution in [0.25, 0.3) is 11.3 Å². The van der Waals surface area contributed by atoms with Crippen molar-refractivity contribution in [3.8, 4) is 23.1 Å². The van der Waals surface area contributed by atoms with Gasteiger partial charge in [-0.3, -0.25) is 10.0 Å². The highest BCUT2D eigenvalue weighted by molar-refractivity contribution is 5.95. The van der Waals surface area contributed by atoms with Crippen molar-refractivity contribution in [2.45, 2.75) is 58.6 Å². The van der Waals surface area contributed by atoms with Crippen LogP contribution in [0.5, 0.6) is 5.75 Å². The molecule has 0 aliphatic rings. The molecule has 1 unspecified atom stereocenters. The lowest BCUT2D eigenvalue weighted by Crippen LogP contribution is -2.47. The van der Waals surface area contributed by atoms with E-state index in [1.807, 2.05) is 55.9 Å². The molecule has 39 heavy (non-hydrogen) atoms. The Morgan fingerprint density at radius 1 is 1.15 bits per heavy atom. The molecule has 3 amide bonds. The second-order valence-electron chi connectivity index (χ2n) is 10.7. The number of nitriles is 1. The highest BCUT2D eigenvalue weighted by Crippen LogP contribution is 2.26. The van der Waals surface area contributed by atoms with E-state index in [4.69, 9.17) is 14.9 Å². The summed E-state index contributed by atoms with van der Waals surface area (Å²) in [5.41, 5.74) is 4.76. The molecule has 0 bridgehead atoms. The number of nitrogens with zero attached hydrogens (tertiary/aromatic N) is 3. The van der Waals surface area contributed by atoms with E-state index in [0.29, 0.717) is 17.7 Å². The molecule has 3 rings (SSSR count). The van der Waals surface area contributed by atoms with Crippen molar-refractivity contribution in [1.29, 1.82) is 5.26 Å². The van der Waals surface area contributed by atoms with Gasteiger partial charge in [0.25, 0.3) is 5.91 Å². The molecule has 3 aromatic rings. The van der Waals surface area contributed by atoms with Gasteiger partial charge >= 0.3 is 6.03 Å². The van der Waals surface area contributed by atoms with E-state index in [0.717, 1.165) is 22.6 Å². The highest BCUT2D eigenvalue weighted by Gasteiger charge is 2.21. The summed E-state index contributed by atoms with van der Waals surface area (Å²) in [5.74, 6) is 0.990. The van der Waals surface area contributed by atoms with Crippen LogP contribution in [0.15, 0.2) is 48.7 Å². The largest absolute Gasteiger partial charge is 0.490 e. The van der Waals surface area contributed by atoms with Crippen molar-refractivity contribution in [3.05, 3.63) is 71.2 Å². The van der Waals surface area contributed by atoms with Crippen LogP contribution in [0.2, 0.25) is 0 Å². The molecule has 2 aromatic carbocycles. The molecule has 0 aliphatic carbocycles. The molecule has 0 radical (unpaired) electrons. The van der Waals surface area contributed by atoms with Crippen molar-refractivity contribution < 1.29 is 19.5 Å². The monoisotopic (exact) mass is 532 g/mol. The van der Waals surface area contributed by atoms with Gasteiger partial charge in [-0.1, -0.05) is 45.0 Å². The molecule has 4 N–H and O–H groups in total. The predicted octanol–water partition coefficient (Wildman–Crippen LogP) is 4.07. The van der Waals surface area contributed by atoms with Gasteiger partial charge in [0.15, 0.2) is 0 Å². The fraction of sp³-hybridized carbons (Fsp3) is 0.379. The first-order chi connectivity index (χ1) is 18.4. The topological polar surface area (TPSA) is 141 Å². The van der Waals surface area contributed by atoms with E-state index >= 15 is 0 Å². The number of hydroxylamine groups is 1. The number of nitrogens with one attached hydrogen (secondary N) is 3. The number of aryl methyl sites for hydroxylation is 1. The summed E-state index contributed by atoms with van der Waals surface area (Å²) in [5, 5.41) is 23.8.